The summed E-state index contributed by atoms with van der Waals surface area (Å²) in [7, 11) is -1.66. The molecule has 0 aromatic heterocycles. The third-order valence-electron chi connectivity index (χ3n) is 3.70. The Kier molecular flexibility index (Phi) is 4.60. The van der Waals surface area contributed by atoms with Crippen molar-refractivity contribution < 1.29 is 8.42 Å². The molecule has 1 saturated heterocycles. The third kappa shape index (κ3) is 3.55. The van der Waals surface area contributed by atoms with Crippen LogP contribution in [0.25, 0.3) is 0 Å². The molecule has 4 nitrogen and oxygen atoms in total. The van der Waals surface area contributed by atoms with Crippen LogP contribution >= 0.6 is 0 Å². The molecule has 0 bridgehead atoms. The molecule has 0 amide bonds. The monoisotopic (exact) mass is 282 g/mol. The second-order valence-corrected chi connectivity index (χ2v) is 7.34. The predicted molar refractivity (Wildman–Crippen MR) is 76.6 cm³/mol. The molecule has 0 unspecified atom stereocenters. The molecule has 106 valence electrons. The first-order chi connectivity index (χ1) is 9.00. The second kappa shape index (κ2) is 6.03. The lowest BCUT2D eigenvalue weighted by Crippen LogP contribution is -2.37. The molecular formula is C14H22N2O2S. The van der Waals surface area contributed by atoms with Crippen LogP contribution in [0.4, 0.5) is 0 Å². The van der Waals surface area contributed by atoms with Crippen molar-refractivity contribution in [2.24, 2.45) is 5.92 Å². The molecule has 1 N–H and O–H groups in total. The Balaban J connectivity index is 2.07. The lowest BCUT2D eigenvalue weighted by molar-refractivity contribution is 0.311. The fraction of sp³-hybridized carbons (Fsp3) is 0.571. The molecule has 1 aromatic carbocycles. The fourth-order valence-electron chi connectivity index (χ4n) is 2.42. The Morgan fingerprint density at radius 3 is 2.37 bits per heavy atom. The maximum Gasteiger partial charge on any atom is 0.242 e. The minimum Gasteiger partial charge on any atom is -0.317 e. The zero-order chi connectivity index (χ0) is 13.9. The Hall–Kier alpha value is -0.910. The summed E-state index contributed by atoms with van der Waals surface area (Å²) in [5.74, 6) is 0.464. The van der Waals surface area contributed by atoms with E-state index in [1.54, 1.807) is 19.2 Å². The van der Waals surface area contributed by atoms with Gasteiger partial charge in [0.2, 0.25) is 10.0 Å². The van der Waals surface area contributed by atoms with Crippen molar-refractivity contribution in [2.75, 3.05) is 26.7 Å². The van der Waals surface area contributed by atoms with E-state index in [2.05, 4.69) is 5.32 Å². The molecule has 0 atom stereocenters. The van der Waals surface area contributed by atoms with E-state index in [1.807, 2.05) is 19.1 Å². The van der Waals surface area contributed by atoms with Crippen LogP contribution in [0.2, 0.25) is 0 Å². The van der Waals surface area contributed by atoms with E-state index in [4.69, 9.17) is 0 Å². The van der Waals surface area contributed by atoms with Crippen LogP contribution in [0.15, 0.2) is 29.2 Å². The summed E-state index contributed by atoms with van der Waals surface area (Å²) in [4.78, 5) is 0.384. The normalized spacial score (nSPS) is 17.8. The highest BCUT2D eigenvalue weighted by Crippen LogP contribution is 2.19. The van der Waals surface area contributed by atoms with Gasteiger partial charge in [-0.2, -0.15) is 0 Å². The summed E-state index contributed by atoms with van der Waals surface area (Å²) in [6.07, 6.45) is 2.10. The van der Waals surface area contributed by atoms with Crippen LogP contribution < -0.4 is 5.32 Å². The molecular weight excluding hydrogens is 260 g/mol. The minimum absolute atomic E-state index is 0.384. The van der Waals surface area contributed by atoms with E-state index < -0.39 is 10.0 Å². The van der Waals surface area contributed by atoms with Crippen LogP contribution in [0.5, 0.6) is 0 Å². The number of piperidine rings is 1. The van der Waals surface area contributed by atoms with Crippen LogP contribution in [0, 0.1) is 12.8 Å². The van der Waals surface area contributed by atoms with Gasteiger partial charge in [0.15, 0.2) is 0 Å². The zero-order valence-corrected chi connectivity index (χ0v) is 12.4. The molecule has 5 heteroatoms. The molecule has 1 aromatic rings. The van der Waals surface area contributed by atoms with Crippen molar-refractivity contribution >= 4 is 10.0 Å². The lowest BCUT2D eigenvalue weighted by atomic mass is 9.98. The van der Waals surface area contributed by atoms with Crippen molar-refractivity contribution in [1.82, 2.24) is 9.62 Å². The van der Waals surface area contributed by atoms with Crippen LogP contribution in [0.1, 0.15) is 18.4 Å². The first-order valence-electron chi connectivity index (χ1n) is 6.74. The molecule has 0 radical (unpaired) electrons. The van der Waals surface area contributed by atoms with Crippen molar-refractivity contribution in [2.45, 2.75) is 24.7 Å². The standard InChI is InChI=1S/C14H22N2O2S/c1-12-3-5-14(6-4-12)19(17,18)16(2)11-13-7-9-15-10-8-13/h3-6,13,15H,7-11H2,1-2H3. The van der Waals surface area contributed by atoms with Gasteiger partial charge in [0.25, 0.3) is 0 Å². The summed E-state index contributed by atoms with van der Waals surface area (Å²) < 4.78 is 26.3. The molecule has 2 rings (SSSR count). The van der Waals surface area contributed by atoms with Crippen molar-refractivity contribution in [3.8, 4) is 0 Å². The van der Waals surface area contributed by atoms with Gasteiger partial charge in [0, 0.05) is 13.6 Å². The van der Waals surface area contributed by atoms with Gasteiger partial charge in [0.1, 0.15) is 0 Å². The average Bonchev–Trinajstić information content (AvgIpc) is 2.40. The number of hydrogen-bond donors (Lipinski definition) is 1. The second-order valence-electron chi connectivity index (χ2n) is 5.29. The summed E-state index contributed by atoms with van der Waals surface area (Å²) in [6, 6.07) is 7.05. The molecule has 1 heterocycles. The van der Waals surface area contributed by atoms with Crippen molar-refractivity contribution in [3.63, 3.8) is 0 Å². The van der Waals surface area contributed by atoms with E-state index in [-0.39, 0.29) is 0 Å². The third-order valence-corrected chi connectivity index (χ3v) is 5.54. The number of benzene rings is 1. The summed E-state index contributed by atoms with van der Waals surface area (Å²) in [6.45, 7) is 4.54. The zero-order valence-electron chi connectivity index (χ0n) is 11.6. The highest BCUT2D eigenvalue weighted by Gasteiger charge is 2.24. The number of nitrogens with zero attached hydrogens (tertiary/aromatic N) is 1. The van der Waals surface area contributed by atoms with Crippen molar-refractivity contribution in [3.05, 3.63) is 29.8 Å². The Morgan fingerprint density at radius 1 is 1.21 bits per heavy atom. The van der Waals surface area contributed by atoms with Gasteiger partial charge in [-0.1, -0.05) is 17.7 Å². The molecule has 0 aliphatic carbocycles. The van der Waals surface area contributed by atoms with Crippen LogP contribution in [-0.4, -0.2) is 39.4 Å². The van der Waals surface area contributed by atoms with Gasteiger partial charge >= 0.3 is 0 Å². The number of hydrogen-bond acceptors (Lipinski definition) is 3. The van der Waals surface area contributed by atoms with Gasteiger partial charge in [-0.15, -0.1) is 0 Å². The summed E-state index contributed by atoms with van der Waals surface area (Å²) in [5.41, 5.74) is 1.07. The maximum absolute atomic E-state index is 12.4. The predicted octanol–water partition coefficient (Wildman–Crippen LogP) is 1.62. The first kappa shape index (κ1) is 14.5. The fourth-order valence-corrected chi connectivity index (χ4v) is 3.66. The maximum atomic E-state index is 12.4. The van der Waals surface area contributed by atoms with E-state index in [0.717, 1.165) is 31.5 Å². The molecule has 1 aliphatic heterocycles. The average molecular weight is 282 g/mol. The van der Waals surface area contributed by atoms with Crippen LogP contribution in [0.3, 0.4) is 0 Å². The van der Waals surface area contributed by atoms with E-state index in [0.29, 0.717) is 17.4 Å². The van der Waals surface area contributed by atoms with Crippen LogP contribution in [-0.2, 0) is 10.0 Å². The molecule has 19 heavy (non-hydrogen) atoms. The van der Waals surface area contributed by atoms with Crippen molar-refractivity contribution in [1.29, 1.82) is 0 Å². The largest absolute Gasteiger partial charge is 0.317 e. The molecule has 1 fully saturated rings. The lowest BCUT2D eigenvalue weighted by Gasteiger charge is -2.27. The molecule has 0 saturated carbocycles. The number of nitrogens with one attached hydrogen (secondary N) is 1. The van der Waals surface area contributed by atoms with Gasteiger partial charge in [-0.3, -0.25) is 0 Å². The number of aryl methyl sites for hydroxylation is 1. The highest BCUT2D eigenvalue weighted by molar-refractivity contribution is 7.89. The van der Waals surface area contributed by atoms with E-state index in [9.17, 15) is 8.42 Å². The van der Waals surface area contributed by atoms with Gasteiger partial charge in [-0.05, 0) is 50.9 Å². The topological polar surface area (TPSA) is 49.4 Å². The molecule has 1 aliphatic rings. The smallest absolute Gasteiger partial charge is 0.242 e. The highest BCUT2D eigenvalue weighted by atomic mass is 32.2. The first-order valence-corrected chi connectivity index (χ1v) is 8.18. The minimum atomic E-state index is -3.34. The SMILES string of the molecule is Cc1ccc(S(=O)(=O)N(C)CC2CCNCC2)cc1. The number of rotatable bonds is 4. The Bertz CT molecular complexity index is 505. The van der Waals surface area contributed by atoms with Gasteiger partial charge < -0.3 is 5.32 Å². The summed E-state index contributed by atoms with van der Waals surface area (Å²) in [5, 5.41) is 3.30. The summed E-state index contributed by atoms with van der Waals surface area (Å²) >= 11 is 0. The Labute approximate surface area is 115 Å². The van der Waals surface area contributed by atoms with Gasteiger partial charge in [-0.25, -0.2) is 12.7 Å². The van der Waals surface area contributed by atoms with Gasteiger partial charge in [0.05, 0.1) is 4.90 Å². The van der Waals surface area contributed by atoms with E-state index in [1.165, 1.54) is 4.31 Å². The quantitative estimate of drug-likeness (QED) is 0.913. The Morgan fingerprint density at radius 2 is 1.79 bits per heavy atom. The molecule has 0 spiro atoms. The number of sulfonamides is 1. The van der Waals surface area contributed by atoms with E-state index >= 15 is 0 Å².